The smallest absolute Gasteiger partial charge is 0.0400 e. The van der Waals surface area contributed by atoms with E-state index in [-0.39, 0.29) is 4.91 Å². The number of hydrogen-bond acceptors (Lipinski definition) is 2. The van der Waals surface area contributed by atoms with E-state index >= 15 is 0 Å². The molecule has 0 rings (SSSR count). The van der Waals surface area contributed by atoms with Gasteiger partial charge in [-0.1, -0.05) is 0 Å². The van der Waals surface area contributed by atoms with Gasteiger partial charge >= 0.3 is 0 Å². The van der Waals surface area contributed by atoms with E-state index in [0.717, 1.165) is 20.5 Å². The van der Waals surface area contributed by atoms with E-state index in [1.807, 2.05) is 0 Å². The molecule has 0 aromatic heterocycles. The van der Waals surface area contributed by atoms with Crippen molar-refractivity contribution in [1.29, 1.82) is 0 Å². The van der Waals surface area contributed by atoms with Crippen LogP contribution in [0.3, 0.4) is 0 Å². The molecular formula is CH10N2Si2. The molecule has 0 aliphatic rings. The van der Waals surface area contributed by atoms with Crippen molar-refractivity contribution in [2.24, 2.45) is 11.5 Å². The molecule has 0 unspecified atom stereocenters. The highest BCUT2D eigenvalue weighted by molar-refractivity contribution is 6.39. The summed E-state index contributed by atoms with van der Waals surface area (Å²) in [6.07, 6.45) is 0. The van der Waals surface area contributed by atoms with Crippen molar-refractivity contribution in [3.8, 4) is 0 Å². The molecule has 0 aliphatic carbocycles. The maximum absolute atomic E-state index is 5.26. The van der Waals surface area contributed by atoms with Crippen molar-refractivity contribution in [2.45, 2.75) is 4.91 Å². The van der Waals surface area contributed by atoms with Gasteiger partial charge in [0.05, 0.1) is 0 Å². The maximum Gasteiger partial charge on any atom is 0.0400 e. The first-order valence-corrected chi connectivity index (χ1v) is 3.58. The summed E-state index contributed by atoms with van der Waals surface area (Å²) in [5, 5.41) is 0. The SMILES string of the molecule is NC(N)([SiH3])[SiH3]. The Morgan fingerprint density at radius 1 is 1.20 bits per heavy atom. The van der Waals surface area contributed by atoms with E-state index in [4.69, 9.17) is 11.5 Å². The highest BCUT2D eigenvalue weighted by Crippen LogP contribution is 1.58. The molecule has 0 aromatic rings. The predicted molar refractivity (Wildman–Crippen MR) is 31.0 cm³/mol. The zero-order valence-corrected chi connectivity index (χ0v) is 7.65. The highest BCUT2D eigenvalue weighted by Gasteiger charge is 1.95. The van der Waals surface area contributed by atoms with E-state index in [9.17, 15) is 0 Å². The first kappa shape index (κ1) is 5.35. The van der Waals surface area contributed by atoms with Gasteiger partial charge in [0.15, 0.2) is 0 Å². The summed E-state index contributed by atoms with van der Waals surface area (Å²) in [4.78, 5) is -0.222. The number of hydrogen-bond donors (Lipinski definition) is 2. The minimum atomic E-state index is -0.222. The lowest BCUT2D eigenvalue weighted by molar-refractivity contribution is 0.878. The third kappa shape index (κ3) is 193. The molecule has 0 fully saturated rings. The topological polar surface area (TPSA) is 52.0 Å². The second-order valence-electron chi connectivity index (χ2n) is 1.82. The third-order valence-electron chi connectivity index (χ3n) is 0. The van der Waals surface area contributed by atoms with Crippen LogP contribution in [0.1, 0.15) is 0 Å². The average molecular weight is 106 g/mol. The van der Waals surface area contributed by atoms with Crippen LogP contribution in [0, 0.1) is 0 Å². The van der Waals surface area contributed by atoms with Crippen LogP contribution in [0.4, 0.5) is 0 Å². The normalized spacial score (nSPS) is 13.2. The summed E-state index contributed by atoms with van der Waals surface area (Å²) in [6.45, 7) is 0. The zero-order chi connectivity index (χ0) is 4.50. The monoisotopic (exact) mass is 106 g/mol. The average Bonchev–Trinajstić information content (AvgIpc) is 0.722. The van der Waals surface area contributed by atoms with E-state index in [1.165, 1.54) is 0 Å². The molecule has 4 N–H and O–H groups in total. The second-order valence-corrected chi connectivity index (χ2v) is 8.13. The largest absolute Gasteiger partial charge is 0.321 e. The lowest BCUT2D eigenvalue weighted by Crippen LogP contribution is -2.50. The van der Waals surface area contributed by atoms with Gasteiger partial charge in [0.25, 0.3) is 0 Å². The molecule has 0 aliphatic heterocycles. The Morgan fingerprint density at radius 3 is 1.20 bits per heavy atom. The molecule has 4 heteroatoms. The molecule has 0 radical (unpaired) electrons. The van der Waals surface area contributed by atoms with Crippen LogP contribution in [0.25, 0.3) is 0 Å². The fourth-order valence-corrected chi connectivity index (χ4v) is 0. The van der Waals surface area contributed by atoms with Gasteiger partial charge in [-0.25, -0.2) is 0 Å². The molecule has 0 saturated heterocycles. The van der Waals surface area contributed by atoms with E-state index in [0.29, 0.717) is 0 Å². The molecule has 0 aromatic carbocycles. The second kappa shape index (κ2) is 1.21. The standard InChI is InChI=1S/CH10N2Si2/c2-1(3,4)5/h2-3H2,4-5H3. The van der Waals surface area contributed by atoms with Crippen molar-refractivity contribution in [3.05, 3.63) is 0 Å². The Balaban J connectivity index is 3.02. The van der Waals surface area contributed by atoms with Crippen molar-refractivity contribution in [1.82, 2.24) is 0 Å². The molecule has 5 heavy (non-hydrogen) atoms. The summed E-state index contributed by atoms with van der Waals surface area (Å²) >= 11 is 0. The number of nitrogens with two attached hydrogens (primary N) is 2. The summed E-state index contributed by atoms with van der Waals surface area (Å²) in [5.41, 5.74) is 10.5. The Kier molecular flexibility index (Phi) is 1.30. The summed E-state index contributed by atoms with van der Waals surface area (Å²) in [7, 11) is 1.85. The van der Waals surface area contributed by atoms with Crippen molar-refractivity contribution in [3.63, 3.8) is 0 Å². The molecule has 32 valence electrons. The molecule has 0 bridgehead atoms. The van der Waals surface area contributed by atoms with Crippen molar-refractivity contribution in [2.75, 3.05) is 0 Å². The number of rotatable bonds is 0. The van der Waals surface area contributed by atoms with Gasteiger partial charge < -0.3 is 11.5 Å². The molecule has 2 nitrogen and oxygen atoms in total. The van der Waals surface area contributed by atoms with E-state index in [2.05, 4.69) is 0 Å². The Hall–Kier alpha value is 0.354. The van der Waals surface area contributed by atoms with Gasteiger partial charge in [-0.15, -0.1) is 0 Å². The maximum atomic E-state index is 5.26. The van der Waals surface area contributed by atoms with Gasteiger partial charge in [-0.3, -0.25) is 0 Å². The van der Waals surface area contributed by atoms with Gasteiger partial charge in [0.1, 0.15) is 0 Å². The lowest BCUT2D eigenvalue weighted by Gasteiger charge is -2.07. The summed E-state index contributed by atoms with van der Waals surface area (Å²) in [6, 6.07) is 0. The highest BCUT2D eigenvalue weighted by atomic mass is 28.2. The fourth-order valence-electron chi connectivity index (χ4n) is 0. The Bertz CT molecular complexity index is 23.1. The molecule has 0 saturated carbocycles. The zero-order valence-electron chi connectivity index (χ0n) is 3.65. The molecule has 0 heterocycles. The van der Waals surface area contributed by atoms with Crippen LogP contribution in [-0.4, -0.2) is 25.4 Å². The predicted octanol–water partition coefficient (Wildman–Crippen LogP) is -3.75. The van der Waals surface area contributed by atoms with Gasteiger partial charge in [0.2, 0.25) is 0 Å². The quantitative estimate of drug-likeness (QED) is 0.246. The van der Waals surface area contributed by atoms with Gasteiger partial charge in [0, 0.05) is 25.4 Å². The third-order valence-corrected chi connectivity index (χ3v) is 0. The minimum Gasteiger partial charge on any atom is -0.321 e. The van der Waals surface area contributed by atoms with Gasteiger partial charge in [-0.05, 0) is 0 Å². The summed E-state index contributed by atoms with van der Waals surface area (Å²) < 4.78 is 0. The van der Waals surface area contributed by atoms with Crippen LogP contribution in [0.5, 0.6) is 0 Å². The van der Waals surface area contributed by atoms with Crippen LogP contribution < -0.4 is 11.5 Å². The molecular weight excluding hydrogens is 96.2 g/mol. The van der Waals surface area contributed by atoms with Crippen LogP contribution in [-0.2, 0) is 0 Å². The Labute approximate surface area is 37.8 Å². The first-order chi connectivity index (χ1) is 2.00. The molecule has 0 atom stereocenters. The van der Waals surface area contributed by atoms with Crippen LogP contribution in [0.15, 0.2) is 0 Å². The summed E-state index contributed by atoms with van der Waals surface area (Å²) in [5.74, 6) is 0. The van der Waals surface area contributed by atoms with E-state index in [1.54, 1.807) is 0 Å². The molecule has 0 amide bonds. The fraction of sp³-hybridized carbons (Fsp3) is 1.00. The van der Waals surface area contributed by atoms with Crippen LogP contribution >= 0.6 is 0 Å². The van der Waals surface area contributed by atoms with Crippen LogP contribution in [0.2, 0.25) is 0 Å². The van der Waals surface area contributed by atoms with Crippen molar-refractivity contribution >= 4 is 20.5 Å². The minimum absolute atomic E-state index is 0.222. The van der Waals surface area contributed by atoms with E-state index < -0.39 is 0 Å². The first-order valence-electron chi connectivity index (χ1n) is 1.58. The lowest BCUT2D eigenvalue weighted by atomic mass is 11.2. The van der Waals surface area contributed by atoms with Crippen molar-refractivity contribution < 1.29 is 0 Å². The Morgan fingerprint density at radius 2 is 1.20 bits per heavy atom. The van der Waals surface area contributed by atoms with Gasteiger partial charge in [-0.2, -0.15) is 0 Å². The molecule has 0 spiro atoms.